The smallest absolute Gasteiger partial charge is 0.170 e. The van der Waals surface area contributed by atoms with Crippen LogP contribution in [0.2, 0.25) is 5.02 Å². The Hall–Kier alpha value is -2.22. The highest BCUT2D eigenvalue weighted by molar-refractivity contribution is 6.69. The lowest BCUT2D eigenvalue weighted by Crippen LogP contribution is -1.97. The first kappa shape index (κ1) is 14.2. The van der Waals surface area contributed by atoms with E-state index in [0.717, 1.165) is 0 Å². The Morgan fingerprint density at radius 2 is 1.65 bits per heavy atom. The van der Waals surface area contributed by atoms with Crippen molar-refractivity contribution in [3.8, 4) is 6.07 Å². The van der Waals surface area contributed by atoms with E-state index in [9.17, 15) is 0 Å². The van der Waals surface area contributed by atoms with Crippen LogP contribution in [0.15, 0.2) is 59.0 Å². The second-order valence-corrected chi connectivity index (χ2v) is 4.49. The quantitative estimate of drug-likeness (QED) is 0.642. The van der Waals surface area contributed by atoms with E-state index < -0.39 is 0 Å². The van der Waals surface area contributed by atoms with Gasteiger partial charge in [-0.2, -0.15) is 5.26 Å². The lowest BCUT2D eigenvalue weighted by atomic mass is 10.2. The molecule has 0 bridgehead atoms. The fraction of sp³-hybridized carbons (Fsp3) is 0. The molecule has 1 heterocycles. The maximum absolute atomic E-state index is 9.07. The zero-order valence-corrected chi connectivity index (χ0v) is 11.7. The van der Waals surface area contributed by atoms with Gasteiger partial charge in [-0.1, -0.05) is 35.3 Å². The van der Waals surface area contributed by atoms with Crippen LogP contribution in [0, 0.1) is 11.3 Å². The van der Waals surface area contributed by atoms with Gasteiger partial charge >= 0.3 is 0 Å². The summed E-state index contributed by atoms with van der Waals surface area (Å²) in [5.41, 5.74) is 1.47. The third-order valence-corrected chi connectivity index (χ3v) is 2.93. The average molecular weight is 303 g/mol. The zero-order chi connectivity index (χ0) is 14.4. The van der Waals surface area contributed by atoms with E-state index >= 15 is 0 Å². The lowest BCUT2D eigenvalue weighted by Gasteiger charge is -1.97. The summed E-state index contributed by atoms with van der Waals surface area (Å²) in [6.45, 7) is 0. The summed E-state index contributed by atoms with van der Waals surface area (Å²) in [6, 6.07) is 12.2. The lowest BCUT2D eigenvalue weighted by molar-refractivity contribution is 1.24. The first-order valence-corrected chi connectivity index (χ1v) is 6.34. The number of rotatable bonds is 3. The molecule has 0 unspecified atom stereocenters. The maximum Gasteiger partial charge on any atom is 0.170 e. The fourth-order valence-corrected chi connectivity index (χ4v) is 1.68. The Morgan fingerprint density at radius 3 is 2.25 bits per heavy atom. The molecule has 0 aliphatic heterocycles. The molecule has 1 aromatic heterocycles. The van der Waals surface area contributed by atoms with Gasteiger partial charge in [0.1, 0.15) is 6.07 Å². The maximum atomic E-state index is 9.07. The van der Waals surface area contributed by atoms with Gasteiger partial charge in [0.05, 0.1) is 0 Å². The third kappa shape index (κ3) is 3.64. The van der Waals surface area contributed by atoms with Crippen molar-refractivity contribution in [1.82, 2.24) is 4.98 Å². The molecule has 1 aromatic carbocycles. The van der Waals surface area contributed by atoms with Crippen LogP contribution in [0.4, 0.5) is 0 Å². The van der Waals surface area contributed by atoms with Crippen LogP contribution in [0.3, 0.4) is 0 Å². The SMILES string of the molecule is N#C/C(=N\N=C(/Cl)c1ccc(Cl)cc1)c1ccncc1. The Kier molecular flexibility index (Phi) is 4.83. The normalized spacial score (nSPS) is 12.1. The first-order valence-electron chi connectivity index (χ1n) is 5.58. The van der Waals surface area contributed by atoms with Gasteiger partial charge in [0.25, 0.3) is 0 Å². The minimum Gasteiger partial charge on any atom is -0.265 e. The molecule has 6 heteroatoms. The molecule has 0 amide bonds. The van der Waals surface area contributed by atoms with E-state index in [2.05, 4.69) is 15.2 Å². The number of nitriles is 1. The van der Waals surface area contributed by atoms with Crippen molar-refractivity contribution >= 4 is 34.1 Å². The highest BCUT2D eigenvalue weighted by atomic mass is 35.5. The molecular weight excluding hydrogens is 295 g/mol. The van der Waals surface area contributed by atoms with Crippen LogP contribution in [-0.4, -0.2) is 15.9 Å². The van der Waals surface area contributed by atoms with E-state index in [1.807, 2.05) is 6.07 Å². The van der Waals surface area contributed by atoms with Gasteiger partial charge in [-0.25, -0.2) is 0 Å². The van der Waals surface area contributed by atoms with Crippen molar-refractivity contribution < 1.29 is 0 Å². The summed E-state index contributed by atoms with van der Waals surface area (Å²) in [5, 5.41) is 17.6. The summed E-state index contributed by atoms with van der Waals surface area (Å²) < 4.78 is 0. The monoisotopic (exact) mass is 302 g/mol. The van der Waals surface area contributed by atoms with Gasteiger partial charge in [-0.05, 0) is 24.3 Å². The third-order valence-electron chi connectivity index (χ3n) is 2.38. The van der Waals surface area contributed by atoms with Crippen molar-refractivity contribution in [2.24, 2.45) is 10.2 Å². The molecule has 0 aliphatic carbocycles. The van der Waals surface area contributed by atoms with E-state index in [0.29, 0.717) is 16.1 Å². The molecular formula is C14H8Cl2N4. The predicted octanol–water partition coefficient (Wildman–Crippen LogP) is 3.65. The van der Waals surface area contributed by atoms with Crippen molar-refractivity contribution in [1.29, 1.82) is 5.26 Å². The predicted molar refractivity (Wildman–Crippen MR) is 80.2 cm³/mol. The van der Waals surface area contributed by atoms with Gasteiger partial charge in [0, 0.05) is 28.5 Å². The van der Waals surface area contributed by atoms with Crippen molar-refractivity contribution in [2.75, 3.05) is 0 Å². The first-order chi connectivity index (χ1) is 9.70. The molecule has 0 saturated carbocycles. The van der Waals surface area contributed by atoms with E-state index in [-0.39, 0.29) is 10.9 Å². The Morgan fingerprint density at radius 1 is 1.00 bits per heavy atom. The topological polar surface area (TPSA) is 61.4 Å². The van der Waals surface area contributed by atoms with Gasteiger partial charge in [-0.15, -0.1) is 10.2 Å². The molecule has 0 atom stereocenters. The number of aromatic nitrogens is 1. The number of benzene rings is 1. The molecule has 2 aromatic rings. The summed E-state index contributed by atoms with van der Waals surface area (Å²) in [6.07, 6.45) is 3.15. The Labute approximate surface area is 126 Å². The van der Waals surface area contributed by atoms with E-state index in [1.165, 1.54) is 0 Å². The molecule has 0 aliphatic rings. The van der Waals surface area contributed by atoms with Crippen molar-refractivity contribution in [3.05, 3.63) is 64.9 Å². The number of halogens is 2. The van der Waals surface area contributed by atoms with Gasteiger partial charge in [0.15, 0.2) is 10.9 Å². The van der Waals surface area contributed by atoms with Crippen LogP contribution in [-0.2, 0) is 0 Å². The minimum atomic E-state index is 0.166. The Bertz CT molecular complexity index is 685. The van der Waals surface area contributed by atoms with E-state index in [4.69, 9.17) is 28.5 Å². The second kappa shape index (κ2) is 6.80. The van der Waals surface area contributed by atoms with Crippen LogP contribution >= 0.6 is 23.2 Å². The average Bonchev–Trinajstić information content (AvgIpc) is 2.49. The van der Waals surface area contributed by atoms with Crippen molar-refractivity contribution in [3.63, 3.8) is 0 Å². The zero-order valence-electron chi connectivity index (χ0n) is 10.2. The number of hydrogen-bond donors (Lipinski definition) is 0. The fourth-order valence-electron chi connectivity index (χ4n) is 1.39. The number of nitrogens with zero attached hydrogens (tertiary/aromatic N) is 4. The summed E-state index contributed by atoms with van der Waals surface area (Å²) >= 11 is 11.8. The molecule has 20 heavy (non-hydrogen) atoms. The van der Waals surface area contributed by atoms with Crippen LogP contribution in [0.5, 0.6) is 0 Å². The molecule has 0 saturated heterocycles. The largest absolute Gasteiger partial charge is 0.265 e. The number of pyridine rings is 1. The molecule has 0 radical (unpaired) electrons. The second-order valence-electron chi connectivity index (χ2n) is 3.69. The summed E-state index contributed by atoms with van der Waals surface area (Å²) in [4.78, 5) is 3.87. The molecule has 0 fully saturated rings. The Balaban J connectivity index is 2.28. The standard InChI is InChI=1S/C14H8Cl2N4/c15-12-3-1-11(2-4-12)14(16)20-19-13(9-17)10-5-7-18-8-6-10/h1-8H/b19-13+,20-14-. The van der Waals surface area contributed by atoms with Gasteiger partial charge in [-0.3, -0.25) is 4.98 Å². The molecule has 0 spiro atoms. The van der Waals surface area contributed by atoms with Gasteiger partial charge in [0.2, 0.25) is 0 Å². The number of hydrogen-bond acceptors (Lipinski definition) is 4. The molecule has 2 rings (SSSR count). The van der Waals surface area contributed by atoms with Crippen molar-refractivity contribution in [2.45, 2.75) is 0 Å². The highest BCUT2D eigenvalue weighted by Crippen LogP contribution is 2.12. The van der Waals surface area contributed by atoms with Gasteiger partial charge < -0.3 is 0 Å². The summed E-state index contributed by atoms with van der Waals surface area (Å²) in [7, 11) is 0. The van der Waals surface area contributed by atoms with Crippen LogP contribution in [0.1, 0.15) is 11.1 Å². The molecule has 98 valence electrons. The van der Waals surface area contributed by atoms with Crippen LogP contribution in [0.25, 0.3) is 0 Å². The molecule has 0 N–H and O–H groups in total. The summed E-state index contributed by atoms with van der Waals surface area (Å²) in [5.74, 6) is 0. The minimum absolute atomic E-state index is 0.166. The molecule has 4 nitrogen and oxygen atoms in total. The van der Waals surface area contributed by atoms with E-state index in [1.54, 1.807) is 48.8 Å². The van der Waals surface area contributed by atoms with Crippen LogP contribution < -0.4 is 0 Å². The highest BCUT2D eigenvalue weighted by Gasteiger charge is 2.03.